The second-order valence-corrected chi connectivity index (χ2v) is 9.60. The van der Waals surface area contributed by atoms with Gasteiger partial charge in [-0.15, -0.1) is 35.5 Å². The fraction of sp³-hybridized carbons (Fsp3) is 0.455. The molecular weight excluding hydrogens is 440 g/mol. The number of anilines is 1. The third kappa shape index (κ3) is 5.58. The molecule has 0 spiro atoms. The van der Waals surface area contributed by atoms with Gasteiger partial charge in [0.2, 0.25) is 0 Å². The lowest BCUT2D eigenvalue weighted by molar-refractivity contribution is 0.0526. The van der Waals surface area contributed by atoms with Crippen molar-refractivity contribution < 1.29 is 14.3 Å². The Balaban J connectivity index is 0.00000320. The van der Waals surface area contributed by atoms with Gasteiger partial charge in [-0.25, -0.2) is 4.79 Å². The number of halogens is 1. The minimum Gasteiger partial charge on any atom is -0.462 e. The van der Waals surface area contributed by atoms with E-state index in [0.717, 1.165) is 40.6 Å². The Labute approximate surface area is 193 Å². The predicted octanol–water partition coefficient (Wildman–Crippen LogP) is 5.48. The monoisotopic (exact) mass is 468 g/mol. The largest absolute Gasteiger partial charge is 0.462 e. The molecule has 0 fully saturated rings. The summed E-state index contributed by atoms with van der Waals surface area (Å²) >= 11 is 3.19. The number of thioether (sulfide) groups is 1. The van der Waals surface area contributed by atoms with Crippen LogP contribution in [0.2, 0.25) is 0 Å². The zero-order valence-electron chi connectivity index (χ0n) is 17.8. The summed E-state index contributed by atoms with van der Waals surface area (Å²) in [4.78, 5) is 30.2. The molecule has 164 valence electrons. The summed E-state index contributed by atoms with van der Waals surface area (Å²) in [5.41, 5.74) is 2.15. The highest BCUT2D eigenvalue weighted by Gasteiger charge is 2.30. The fourth-order valence-electron chi connectivity index (χ4n) is 3.44. The quantitative estimate of drug-likeness (QED) is 0.430. The number of benzene rings is 1. The van der Waals surface area contributed by atoms with E-state index >= 15 is 0 Å². The molecule has 2 aromatic rings. The molecule has 1 amide bonds. The number of esters is 1. The Morgan fingerprint density at radius 2 is 2.07 bits per heavy atom. The molecule has 3 rings (SSSR count). The number of carbonyl (C=O) groups is 2. The Morgan fingerprint density at radius 3 is 2.73 bits per heavy atom. The maximum Gasteiger partial charge on any atom is 0.341 e. The van der Waals surface area contributed by atoms with Gasteiger partial charge >= 0.3 is 5.97 Å². The zero-order chi connectivity index (χ0) is 21.0. The molecule has 1 aliphatic heterocycles. The highest BCUT2D eigenvalue weighted by molar-refractivity contribution is 7.99. The summed E-state index contributed by atoms with van der Waals surface area (Å²) < 4.78 is 5.31. The van der Waals surface area contributed by atoms with E-state index in [-0.39, 0.29) is 24.3 Å². The van der Waals surface area contributed by atoms with Crippen molar-refractivity contribution in [1.82, 2.24) is 4.90 Å². The first-order chi connectivity index (χ1) is 13.9. The van der Waals surface area contributed by atoms with E-state index in [1.54, 1.807) is 24.8 Å². The van der Waals surface area contributed by atoms with Crippen molar-refractivity contribution in [2.75, 3.05) is 24.2 Å². The first-order valence-corrected chi connectivity index (χ1v) is 11.8. The summed E-state index contributed by atoms with van der Waals surface area (Å²) in [6.07, 6.45) is 0.788. The Morgan fingerprint density at radius 1 is 1.30 bits per heavy atom. The third-order valence-electron chi connectivity index (χ3n) is 4.93. The van der Waals surface area contributed by atoms with E-state index in [0.29, 0.717) is 28.8 Å². The van der Waals surface area contributed by atoms with Gasteiger partial charge in [-0.05, 0) is 56.7 Å². The number of carbonyl (C=O) groups excluding carboxylic acids is 2. The van der Waals surface area contributed by atoms with Crippen molar-refractivity contribution >= 4 is 52.4 Å². The maximum absolute atomic E-state index is 12.9. The Hall–Kier alpha value is -1.54. The topological polar surface area (TPSA) is 58.6 Å². The van der Waals surface area contributed by atoms with E-state index < -0.39 is 0 Å². The number of fused-ring (bicyclic) bond motifs is 1. The number of ether oxygens (including phenoxy) is 1. The first-order valence-electron chi connectivity index (χ1n) is 10.0. The molecule has 1 aromatic carbocycles. The number of nitrogens with one attached hydrogen (secondary N) is 1. The minimum atomic E-state index is -0.353. The number of hydrogen-bond acceptors (Lipinski definition) is 6. The van der Waals surface area contributed by atoms with Crippen LogP contribution in [0.15, 0.2) is 29.2 Å². The highest BCUT2D eigenvalue weighted by atomic mass is 35.5. The lowest BCUT2D eigenvalue weighted by Crippen LogP contribution is -2.35. The number of thiophene rings is 1. The van der Waals surface area contributed by atoms with E-state index in [2.05, 4.69) is 31.0 Å². The van der Waals surface area contributed by atoms with Gasteiger partial charge in [0.25, 0.3) is 5.91 Å². The molecule has 2 heterocycles. The summed E-state index contributed by atoms with van der Waals surface area (Å²) in [5.74, 6) is 0.393. The van der Waals surface area contributed by atoms with Crippen LogP contribution in [0.4, 0.5) is 5.00 Å². The van der Waals surface area contributed by atoms with Crippen molar-refractivity contribution in [2.45, 2.75) is 51.6 Å². The molecule has 0 aliphatic carbocycles. The SMILES string of the molecule is CCOC(=O)c1c(NC(=O)c2cccc(SCC)c2)sc2c1CCN(C(C)C)C2.Cl. The van der Waals surface area contributed by atoms with E-state index in [9.17, 15) is 9.59 Å². The molecule has 0 bridgehead atoms. The van der Waals surface area contributed by atoms with E-state index in [1.165, 1.54) is 11.3 Å². The van der Waals surface area contributed by atoms with Crippen molar-refractivity contribution in [3.8, 4) is 0 Å². The van der Waals surface area contributed by atoms with E-state index in [4.69, 9.17) is 4.74 Å². The Bertz CT molecular complexity index is 899. The van der Waals surface area contributed by atoms with Crippen LogP contribution in [0.1, 0.15) is 58.9 Å². The second-order valence-electron chi connectivity index (χ2n) is 7.16. The molecular formula is C22H29ClN2O3S2. The normalized spacial score (nSPS) is 13.5. The second kappa shape index (κ2) is 11.2. The molecule has 1 aliphatic rings. The van der Waals surface area contributed by atoms with Gasteiger partial charge in [-0.1, -0.05) is 13.0 Å². The minimum absolute atomic E-state index is 0. The average Bonchev–Trinajstić information content (AvgIpc) is 3.05. The van der Waals surface area contributed by atoms with Crippen LogP contribution in [0.25, 0.3) is 0 Å². The van der Waals surface area contributed by atoms with Crippen LogP contribution >= 0.6 is 35.5 Å². The molecule has 30 heavy (non-hydrogen) atoms. The molecule has 0 atom stereocenters. The maximum atomic E-state index is 12.9. The third-order valence-corrected chi connectivity index (χ3v) is 6.94. The number of nitrogens with zero attached hydrogens (tertiary/aromatic N) is 1. The van der Waals surface area contributed by atoms with Crippen LogP contribution in [0.5, 0.6) is 0 Å². The van der Waals surface area contributed by atoms with Crippen molar-refractivity contribution in [3.63, 3.8) is 0 Å². The highest BCUT2D eigenvalue weighted by Crippen LogP contribution is 2.38. The van der Waals surface area contributed by atoms with Gasteiger partial charge in [0, 0.05) is 34.5 Å². The molecule has 0 saturated carbocycles. The smallest absolute Gasteiger partial charge is 0.341 e. The summed E-state index contributed by atoms with van der Waals surface area (Å²) in [6, 6.07) is 8.01. The Kier molecular flexibility index (Phi) is 9.22. The molecule has 5 nitrogen and oxygen atoms in total. The summed E-state index contributed by atoms with van der Waals surface area (Å²) in [6.45, 7) is 10.2. The summed E-state index contributed by atoms with van der Waals surface area (Å²) in [7, 11) is 0. The molecule has 0 radical (unpaired) electrons. The van der Waals surface area contributed by atoms with Gasteiger partial charge in [0.15, 0.2) is 0 Å². The number of hydrogen-bond donors (Lipinski definition) is 1. The molecule has 0 saturated heterocycles. The summed E-state index contributed by atoms with van der Waals surface area (Å²) in [5, 5.41) is 3.58. The lowest BCUT2D eigenvalue weighted by atomic mass is 10.0. The van der Waals surface area contributed by atoms with Crippen LogP contribution in [0.3, 0.4) is 0 Å². The van der Waals surface area contributed by atoms with Crippen molar-refractivity contribution in [1.29, 1.82) is 0 Å². The predicted molar refractivity (Wildman–Crippen MR) is 128 cm³/mol. The molecule has 1 aromatic heterocycles. The van der Waals surface area contributed by atoms with Gasteiger partial charge in [-0.3, -0.25) is 9.69 Å². The number of amides is 1. The van der Waals surface area contributed by atoms with Gasteiger partial charge in [0.1, 0.15) is 5.00 Å². The van der Waals surface area contributed by atoms with E-state index in [1.807, 2.05) is 18.2 Å². The molecule has 0 unspecified atom stereocenters. The van der Waals surface area contributed by atoms with Gasteiger partial charge in [-0.2, -0.15) is 0 Å². The van der Waals surface area contributed by atoms with Crippen molar-refractivity contribution in [2.24, 2.45) is 0 Å². The number of rotatable bonds is 7. The molecule has 1 N–H and O–H groups in total. The first kappa shape index (κ1) is 24.7. The average molecular weight is 469 g/mol. The molecule has 8 heteroatoms. The zero-order valence-corrected chi connectivity index (χ0v) is 20.3. The van der Waals surface area contributed by atoms with Crippen LogP contribution < -0.4 is 5.32 Å². The standard InChI is InChI=1S/C22H28N2O3S2.ClH/c1-5-27-22(26)19-17-10-11-24(14(3)4)13-18(17)29-21(19)23-20(25)15-8-7-9-16(12-15)28-6-2;/h7-9,12,14H,5-6,10-11,13H2,1-4H3,(H,23,25);1H. The van der Waals surface area contributed by atoms with Gasteiger partial charge in [0.05, 0.1) is 12.2 Å². The van der Waals surface area contributed by atoms with Crippen LogP contribution in [-0.2, 0) is 17.7 Å². The lowest BCUT2D eigenvalue weighted by Gasteiger charge is -2.30. The van der Waals surface area contributed by atoms with Crippen LogP contribution in [0, 0.1) is 0 Å². The van der Waals surface area contributed by atoms with Gasteiger partial charge < -0.3 is 10.1 Å². The fourth-order valence-corrected chi connectivity index (χ4v) is 5.42. The van der Waals surface area contributed by atoms with Crippen molar-refractivity contribution in [3.05, 3.63) is 45.8 Å². The van der Waals surface area contributed by atoms with Crippen LogP contribution in [-0.4, -0.2) is 41.7 Å².